The first-order valence-corrected chi connectivity index (χ1v) is 6.87. The molecule has 1 saturated heterocycles. The minimum Gasteiger partial charge on any atom is -0.395 e. The zero-order chi connectivity index (χ0) is 12.8. The van der Waals surface area contributed by atoms with Crippen molar-refractivity contribution in [2.45, 2.75) is 44.9 Å². The average Bonchev–Trinajstić information content (AvgIpc) is 2.64. The lowest BCUT2D eigenvalue weighted by Gasteiger charge is -2.28. The standard InChI is InChI=1S/C15H23NO2/c17-11-14-7-5-13(6-8-14)10-16-9-3-1-2-4-15(16)12-18/h5-8,15,17-18H,1-4,9-12H2. The van der Waals surface area contributed by atoms with Crippen molar-refractivity contribution in [1.82, 2.24) is 4.90 Å². The fraction of sp³-hybridized carbons (Fsp3) is 0.600. The fourth-order valence-electron chi connectivity index (χ4n) is 2.64. The van der Waals surface area contributed by atoms with Crippen molar-refractivity contribution < 1.29 is 10.2 Å². The number of hydrogen-bond acceptors (Lipinski definition) is 3. The van der Waals surface area contributed by atoms with Gasteiger partial charge in [0.1, 0.15) is 0 Å². The summed E-state index contributed by atoms with van der Waals surface area (Å²) in [5.74, 6) is 0. The van der Waals surface area contributed by atoms with E-state index in [9.17, 15) is 5.11 Å². The quantitative estimate of drug-likeness (QED) is 0.857. The molecular formula is C15H23NO2. The smallest absolute Gasteiger partial charge is 0.0681 e. The Morgan fingerprint density at radius 2 is 1.72 bits per heavy atom. The Hall–Kier alpha value is -0.900. The highest BCUT2D eigenvalue weighted by Gasteiger charge is 2.19. The van der Waals surface area contributed by atoms with Crippen LogP contribution in [0.1, 0.15) is 36.8 Å². The molecule has 2 rings (SSSR count). The van der Waals surface area contributed by atoms with Gasteiger partial charge in [-0.15, -0.1) is 0 Å². The maximum Gasteiger partial charge on any atom is 0.0681 e. The van der Waals surface area contributed by atoms with Gasteiger partial charge in [0, 0.05) is 12.6 Å². The topological polar surface area (TPSA) is 43.7 Å². The molecule has 0 aromatic heterocycles. The number of rotatable bonds is 4. The summed E-state index contributed by atoms with van der Waals surface area (Å²) >= 11 is 0. The molecule has 3 nitrogen and oxygen atoms in total. The first kappa shape index (κ1) is 13.5. The molecule has 0 spiro atoms. The molecular weight excluding hydrogens is 226 g/mol. The van der Waals surface area contributed by atoms with Crippen molar-refractivity contribution in [3.8, 4) is 0 Å². The number of likely N-dealkylation sites (tertiary alicyclic amines) is 1. The zero-order valence-electron chi connectivity index (χ0n) is 10.9. The van der Waals surface area contributed by atoms with Crippen molar-refractivity contribution in [3.05, 3.63) is 35.4 Å². The van der Waals surface area contributed by atoms with E-state index in [1.165, 1.54) is 24.8 Å². The molecule has 2 N–H and O–H groups in total. The minimum atomic E-state index is 0.100. The average molecular weight is 249 g/mol. The van der Waals surface area contributed by atoms with E-state index in [1.54, 1.807) is 0 Å². The van der Waals surface area contributed by atoms with Gasteiger partial charge >= 0.3 is 0 Å². The highest BCUT2D eigenvalue weighted by atomic mass is 16.3. The largest absolute Gasteiger partial charge is 0.395 e. The highest BCUT2D eigenvalue weighted by Crippen LogP contribution is 2.19. The Kier molecular flexibility index (Phi) is 5.17. The Balaban J connectivity index is 2.00. The van der Waals surface area contributed by atoms with Gasteiger partial charge in [0.05, 0.1) is 13.2 Å². The maximum atomic E-state index is 9.47. The Bertz CT molecular complexity index is 350. The lowest BCUT2D eigenvalue weighted by molar-refractivity contribution is 0.118. The lowest BCUT2D eigenvalue weighted by Crippen LogP contribution is -2.36. The molecule has 3 heteroatoms. The van der Waals surface area contributed by atoms with E-state index in [-0.39, 0.29) is 13.2 Å². The molecule has 100 valence electrons. The second-order valence-electron chi connectivity index (χ2n) is 5.13. The fourth-order valence-corrected chi connectivity index (χ4v) is 2.64. The van der Waals surface area contributed by atoms with Crippen LogP contribution in [0.3, 0.4) is 0 Å². The Labute approximate surface area is 109 Å². The molecule has 18 heavy (non-hydrogen) atoms. The van der Waals surface area contributed by atoms with Crippen LogP contribution in [0.15, 0.2) is 24.3 Å². The van der Waals surface area contributed by atoms with Crippen LogP contribution in [0.4, 0.5) is 0 Å². The van der Waals surface area contributed by atoms with Gasteiger partial charge in [-0.2, -0.15) is 0 Å². The third kappa shape index (κ3) is 3.55. The van der Waals surface area contributed by atoms with Gasteiger partial charge < -0.3 is 10.2 Å². The summed E-state index contributed by atoms with van der Waals surface area (Å²) in [6.45, 7) is 2.34. The van der Waals surface area contributed by atoms with Gasteiger partial charge in [-0.25, -0.2) is 0 Å². The number of benzene rings is 1. The summed E-state index contributed by atoms with van der Waals surface area (Å²) in [6.07, 6.45) is 4.83. The van der Waals surface area contributed by atoms with Gasteiger partial charge in [0.15, 0.2) is 0 Å². The molecule has 0 bridgehead atoms. The number of hydrogen-bond donors (Lipinski definition) is 2. The van der Waals surface area contributed by atoms with E-state index in [0.717, 1.165) is 25.1 Å². The molecule has 0 aliphatic carbocycles. The van der Waals surface area contributed by atoms with Gasteiger partial charge in [-0.3, -0.25) is 4.90 Å². The molecule has 1 atom stereocenters. The third-order valence-electron chi connectivity index (χ3n) is 3.80. The van der Waals surface area contributed by atoms with Crippen molar-refractivity contribution >= 4 is 0 Å². The second kappa shape index (κ2) is 6.88. The summed E-state index contributed by atoms with van der Waals surface area (Å²) in [5.41, 5.74) is 2.21. The van der Waals surface area contributed by atoms with Crippen LogP contribution in [-0.2, 0) is 13.2 Å². The maximum absolute atomic E-state index is 9.47. The molecule has 1 aromatic carbocycles. The van der Waals surface area contributed by atoms with Crippen molar-refractivity contribution in [2.75, 3.05) is 13.2 Å². The normalized spacial score (nSPS) is 21.8. The van der Waals surface area contributed by atoms with Gasteiger partial charge in [0.25, 0.3) is 0 Å². The van der Waals surface area contributed by atoms with Crippen LogP contribution < -0.4 is 0 Å². The monoisotopic (exact) mass is 249 g/mol. The molecule has 0 amide bonds. The summed E-state index contributed by atoms with van der Waals surface area (Å²) < 4.78 is 0. The molecule has 1 fully saturated rings. The van der Waals surface area contributed by atoms with Crippen LogP contribution in [-0.4, -0.2) is 34.3 Å². The lowest BCUT2D eigenvalue weighted by atomic mass is 10.1. The van der Waals surface area contributed by atoms with Gasteiger partial charge in [-0.05, 0) is 30.5 Å². The predicted octanol–water partition coefficient (Wildman–Crippen LogP) is 1.92. The zero-order valence-corrected chi connectivity index (χ0v) is 10.9. The SMILES string of the molecule is OCc1ccc(CN2CCCCCC2CO)cc1. The van der Waals surface area contributed by atoms with Crippen LogP contribution in [0, 0.1) is 0 Å². The van der Waals surface area contributed by atoms with E-state index >= 15 is 0 Å². The predicted molar refractivity (Wildman–Crippen MR) is 72.1 cm³/mol. The van der Waals surface area contributed by atoms with Crippen molar-refractivity contribution in [2.24, 2.45) is 0 Å². The van der Waals surface area contributed by atoms with Gasteiger partial charge in [-0.1, -0.05) is 37.1 Å². The molecule has 1 unspecified atom stereocenters. The first-order chi connectivity index (χ1) is 8.83. The van der Waals surface area contributed by atoms with Crippen LogP contribution in [0.2, 0.25) is 0 Å². The van der Waals surface area contributed by atoms with Crippen LogP contribution >= 0.6 is 0 Å². The molecule has 0 saturated carbocycles. The second-order valence-corrected chi connectivity index (χ2v) is 5.13. The highest BCUT2D eigenvalue weighted by molar-refractivity contribution is 5.22. The van der Waals surface area contributed by atoms with E-state index in [1.807, 2.05) is 12.1 Å². The van der Waals surface area contributed by atoms with E-state index in [0.29, 0.717) is 6.04 Å². The summed E-state index contributed by atoms with van der Waals surface area (Å²) in [5, 5.41) is 18.5. The molecule has 1 aliphatic rings. The molecule has 0 radical (unpaired) electrons. The summed E-state index contributed by atoms with van der Waals surface area (Å²) in [6, 6.07) is 8.41. The molecule has 1 aromatic rings. The molecule has 1 heterocycles. The van der Waals surface area contributed by atoms with E-state index in [2.05, 4.69) is 17.0 Å². The number of nitrogens with zero attached hydrogens (tertiary/aromatic N) is 1. The van der Waals surface area contributed by atoms with Crippen molar-refractivity contribution in [1.29, 1.82) is 0 Å². The first-order valence-electron chi connectivity index (χ1n) is 6.87. The Morgan fingerprint density at radius 1 is 1.00 bits per heavy atom. The number of aliphatic hydroxyl groups is 2. The van der Waals surface area contributed by atoms with Crippen LogP contribution in [0.25, 0.3) is 0 Å². The minimum absolute atomic E-state index is 0.100. The van der Waals surface area contributed by atoms with E-state index < -0.39 is 0 Å². The van der Waals surface area contributed by atoms with Crippen LogP contribution in [0.5, 0.6) is 0 Å². The number of aliphatic hydroxyl groups excluding tert-OH is 2. The van der Waals surface area contributed by atoms with Crippen molar-refractivity contribution in [3.63, 3.8) is 0 Å². The summed E-state index contributed by atoms with van der Waals surface area (Å²) in [4.78, 5) is 2.39. The Morgan fingerprint density at radius 3 is 2.39 bits per heavy atom. The summed E-state index contributed by atoms with van der Waals surface area (Å²) in [7, 11) is 0. The third-order valence-corrected chi connectivity index (χ3v) is 3.80. The van der Waals surface area contributed by atoms with E-state index in [4.69, 9.17) is 5.11 Å². The molecule has 1 aliphatic heterocycles. The van der Waals surface area contributed by atoms with Gasteiger partial charge in [0.2, 0.25) is 0 Å².